The summed E-state index contributed by atoms with van der Waals surface area (Å²) in [5.74, 6) is 1.26. The second kappa shape index (κ2) is 9.83. The molecule has 2 aromatic carbocycles. The van der Waals surface area contributed by atoms with Crippen LogP contribution in [0.2, 0.25) is 0 Å². The number of benzene rings is 2. The molecule has 1 N–H and O–H groups in total. The summed E-state index contributed by atoms with van der Waals surface area (Å²) < 4.78 is 10.9. The molecule has 0 unspecified atom stereocenters. The third kappa shape index (κ3) is 4.23. The first-order valence-corrected chi connectivity index (χ1v) is 9.28. The molecule has 0 aliphatic rings. The van der Waals surface area contributed by atoms with E-state index in [1.807, 2.05) is 49.5 Å². The van der Waals surface area contributed by atoms with Crippen LogP contribution in [0.15, 0.2) is 53.5 Å². The Bertz CT molecular complexity index is 1240. The number of para-hydroxylation sites is 1. The van der Waals surface area contributed by atoms with Crippen LogP contribution < -0.4 is 15.0 Å². The third-order valence-electron chi connectivity index (χ3n) is 5.09. The van der Waals surface area contributed by atoms with Crippen molar-refractivity contribution in [3.8, 4) is 11.5 Å². The Morgan fingerprint density at radius 3 is 2.30 bits per heavy atom. The first-order valence-electron chi connectivity index (χ1n) is 9.28. The minimum Gasteiger partial charge on any atom is -0.493 e. The number of pyridine rings is 2. The first-order chi connectivity index (χ1) is 13.6. The third-order valence-corrected chi connectivity index (χ3v) is 5.09. The van der Waals surface area contributed by atoms with Crippen molar-refractivity contribution in [1.29, 1.82) is 0 Å². The molecule has 0 fully saturated rings. The van der Waals surface area contributed by atoms with Gasteiger partial charge in [-0.15, -0.1) is 24.8 Å². The van der Waals surface area contributed by atoms with E-state index in [1.165, 1.54) is 0 Å². The lowest BCUT2D eigenvalue weighted by Crippen LogP contribution is -2.16. The molecular weight excluding hydrogens is 423 g/mol. The Morgan fingerprint density at radius 1 is 0.967 bits per heavy atom. The van der Waals surface area contributed by atoms with E-state index in [1.54, 1.807) is 14.2 Å². The van der Waals surface area contributed by atoms with Crippen molar-refractivity contribution in [2.24, 2.45) is 0 Å². The fraction of sp³-hybridized carbons (Fsp3) is 0.217. The Kier molecular flexibility index (Phi) is 7.71. The molecule has 2 aromatic heterocycles. The topological polar surface area (TPSA) is 64.2 Å². The van der Waals surface area contributed by atoms with Gasteiger partial charge < -0.3 is 14.5 Å². The van der Waals surface area contributed by atoms with Crippen molar-refractivity contribution in [3.63, 3.8) is 0 Å². The minimum absolute atomic E-state index is 0. The molecule has 0 radical (unpaired) electrons. The maximum atomic E-state index is 12.9. The van der Waals surface area contributed by atoms with Crippen molar-refractivity contribution in [2.75, 3.05) is 14.2 Å². The Balaban J connectivity index is 0.00000160. The van der Waals surface area contributed by atoms with Gasteiger partial charge in [0.15, 0.2) is 11.5 Å². The zero-order chi connectivity index (χ0) is 19.7. The highest BCUT2D eigenvalue weighted by atomic mass is 35.5. The number of halogens is 2. The number of ether oxygens (including phenoxy) is 2. The molecule has 4 aromatic rings. The predicted octanol–water partition coefficient (Wildman–Crippen LogP) is 5.09. The van der Waals surface area contributed by atoms with Gasteiger partial charge >= 0.3 is 0 Å². The highest BCUT2D eigenvalue weighted by molar-refractivity contribution is 5.91. The molecular formula is C23H24Cl2N2O3. The van der Waals surface area contributed by atoms with Gasteiger partial charge in [-0.1, -0.05) is 25.1 Å². The van der Waals surface area contributed by atoms with E-state index in [0.717, 1.165) is 39.4 Å². The number of nitrogens with one attached hydrogen (secondary N) is 1. The number of fused-ring (bicyclic) bond motifs is 2. The van der Waals surface area contributed by atoms with Crippen molar-refractivity contribution in [2.45, 2.75) is 19.8 Å². The SMILES string of the molecule is CCc1[nH]c(=O)c(Cc2cnc3ccccc3c2)c2cc(OC)c(OC)cc12.Cl.Cl. The highest BCUT2D eigenvalue weighted by Gasteiger charge is 2.15. The summed E-state index contributed by atoms with van der Waals surface area (Å²) in [7, 11) is 3.22. The number of aromatic nitrogens is 2. The number of hydrogen-bond donors (Lipinski definition) is 1. The van der Waals surface area contributed by atoms with Crippen molar-refractivity contribution in [3.05, 3.63) is 75.8 Å². The Hall–Kier alpha value is -2.76. The van der Waals surface area contributed by atoms with Crippen molar-refractivity contribution >= 4 is 46.5 Å². The number of nitrogens with zero attached hydrogens (tertiary/aromatic N) is 1. The second-order valence-electron chi connectivity index (χ2n) is 6.73. The largest absolute Gasteiger partial charge is 0.493 e. The molecule has 5 nitrogen and oxygen atoms in total. The molecule has 7 heteroatoms. The van der Waals surface area contributed by atoms with Crippen LogP contribution in [0.25, 0.3) is 21.7 Å². The van der Waals surface area contributed by atoms with Crippen LogP contribution in [0.5, 0.6) is 11.5 Å². The Labute approximate surface area is 187 Å². The molecule has 0 saturated carbocycles. The average molecular weight is 447 g/mol. The molecule has 0 saturated heterocycles. The molecule has 158 valence electrons. The van der Waals surface area contributed by atoms with Crippen LogP contribution >= 0.6 is 24.8 Å². The summed E-state index contributed by atoms with van der Waals surface area (Å²) in [6.45, 7) is 2.02. The number of aryl methyl sites for hydroxylation is 1. The summed E-state index contributed by atoms with van der Waals surface area (Å²) in [5, 5.41) is 2.92. The van der Waals surface area contributed by atoms with Gasteiger partial charge in [0.1, 0.15) is 0 Å². The quantitative estimate of drug-likeness (QED) is 0.463. The lowest BCUT2D eigenvalue weighted by Gasteiger charge is -2.14. The number of hydrogen-bond acceptors (Lipinski definition) is 4. The highest BCUT2D eigenvalue weighted by Crippen LogP contribution is 2.34. The normalized spacial score (nSPS) is 10.4. The molecule has 0 amide bonds. The molecule has 30 heavy (non-hydrogen) atoms. The zero-order valence-corrected chi connectivity index (χ0v) is 18.7. The zero-order valence-electron chi connectivity index (χ0n) is 17.0. The van der Waals surface area contributed by atoms with Gasteiger partial charge in [0.2, 0.25) is 0 Å². The summed E-state index contributed by atoms with van der Waals surface area (Å²) >= 11 is 0. The molecule has 0 atom stereocenters. The van der Waals surface area contributed by atoms with E-state index in [4.69, 9.17) is 9.47 Å². The van der Waals surface area contributed by atoms with Crippen LogP contribution in [0.1, 0.15) is 23.7 Å². The maximum Gasteiger partial charge on any atom is 0.252 e. The molecule has 0 bridgehead atoms. The standard InChI is InChI=1S/C23H22N2O3.2ClH/c1-4-19-17-12-22(28-3)21(27-2)11-16(17)18(23(26)25-19)10-14-9-15-7-5-6-8-20(15)24-13-14;;/h5-9,11-13H,4,10H2,1-3H3,(H,25,26);2*1H. The summed E-state index contributed by atoms with van der Waals surface area (Å²) in [6, 6.07) is 13.9. The average Bonchev–Trinajstić information content (AvgIpc) is 2.74. The summed E-state index contributed by atoms with van der Waals surface area (Å²) in [4.78, 5) is 20.5. The van der Waals surface area contributed by atoms with Gasteiger partial charge in [0.25, 0.3) is 5.56 Å². The van der Waals surface area contributed by atoms with Gasteiger partial charge in [-0.3, -0.25) is 9.78 Å². The van der Waals surface area contributed by atoms with Crippen LogP contribution in [0.4, 0.5) is 0 Å². The minimum atomic E-state index is -0.0790. The van der Waals surface area contributed by atoms with Crippen molar-refractivity contribution in [1.82, 2.24) is 9.97 Å². The van der Waals surface area contributed by atoms with Crippen LogP contribution in [0, 0.1) is 0 Å². The van der Waals surface area contributed by atoms with Gasteiger partial charge in [-0.05, 0) is 41.6 Å². The number of H-pyrrole nitrogens is 1. The van der Waals surface area contributed by atoms with E-state index in [2.05, 4.69) is 16.0 Å². The monoisotopic (exact) mass is 446 g/mol. The molecule has 4 rings (SSSR count). The summed E-state index contributed by atoms with van der Waals surface area (Å²) in [6.07, 6.45) is 3.05. The number of aromatic amines is 1. The van der Waals surface area contributed by atoms with Gasteiger partial charge in [-0.2, -0.15) is 0 Å². The van der Waals surface area contributed by atoms with Crippen molar-refractivity contribution < 1.29 is 9.47 Å². The number of methoxy groups -OCH3 is 2. The van der Waals surface area contributed by atoms with E-state index >= 15 is 0 Å². The van der Waals surface area contributed by atoms with E-state index in [-0.39, 0.29) is 30.4 Å². The van der Waals surface area contributed by atoms with E-state index in [0.29, 0.717) is 23.5 Å². The van der Waals surface area contributed by atoms with Gasteiger partial charge in [-0.25, -0.2) is 0 Å². The van der Waals surface area contributed by atoms with Crippen LogP contribution in [0.3, 0.4) is 0 Å². The molecule has 0 aliphatic heterocycles. The molecule has 0 aliphatic carbocycles. The van der Waals surface area contributed by atoms with Crippen LogP contribution in [-0.4, -0.2) is 24.2 Å². The Morgan fingerprint density at radius 2 is 1.63 bits per heavy atom. The van der Waals surface area contributed by atoms with Crippen LogP contribution in [-0.2, 0) is 12.8 Å². The fourth-order valence-corrected chi connectivity index (χ4v) is 3.65. The first kappa shape index (κ1) is 23.5. The fourth-order valence-electron chi connectivity index (χ4n) is 3.65. The molecule has 2 heterocycles. The second-order valence-corrected chi connectivity index (χ2v) is 6.73. The summed E-state index contributed by atoms with van der Waals surface area (Å²) in [5.41, 5.74) is 3.44. The van der Waals surface area contributed by atoms with Gasteiger partial charge in [0, 0.05) is 34.6 Å². The smallest absolute Gasteiger partial charge is 0.252 e. The van der Waals surface area contributed by atoms with E-state index in [9.17, 15) is 4.79 Å². The number of rotatable bonds is 5. The lowest BCUT2D eigenvalue weighted by molar-refractivity contribution is 0.356. The predicted molar refractivity (Wildman–Crippen MR) is 126 cm³/mol. The lowest BCUT2D eigenvalue weighted by atomic mass is 9.97. The van der Waals surface area contributed by atoms with Gasteiger partial charge in [0.05, 0.1) is 19.7 Å². The molecule has 0 spiro atoms. The maximum absolute atomic E-state index is 12.9. The van der Waals surface area contributed by atoms with E-state index < -0.39 is 0 Å².